The molecule has 1 N–H and O–H groups in total. The van der Waals surface area contributed by atoms with Crippen LogP contribution >= 0.6 is 0 Å². The Morgan fingerprint density at radius 3 is 2.84 bits per heavy atom. The number of rotatable bonds is 5. The molecule has 0 aliphatic heterocycles. The average Bonchev–Trinajstić information content (AvgIpc) is 2.41. The van der Waals surface area contributed by atoms with E-state index in [1.54, 1.807) is 20.1 Å². The molecule has 19 heavy (non-hydrogen) atoms. The molecule has 3 nitrogen and oxygen atoms in total. The van der Waals surface area contributed by atoms with Crippen LogP contribution in [0.4, 0.5) is 10.1 Å². The van der Waals surface area contributed by atoms with Crippen molar-refractivity contribution in [2.75, 3.05) is 19.0 Å². The molecule has 0 amide bonds. The Kier molecular flexibility index (Phi) is 4.32. The Morgan fingerprint density at radius 1 is 1.37 bits per heavy atom. The molecule has 0 aliphatic carbocycles. The van der Waals surface area contributed by atoms with Crippen LogP contribution in [0.15, 0.2) is 18.2 Å². The first-order valence-corrected chi connectivity index (χ1v) is 6.49. The predicted octanol–water partition coefficient (Wildman–Crippen LogP) is 3.65. The normalized spacial score (nSPS) is 10.9. The van der Waals surface area contributed by atoms with Crippen molar-refractivity contribution in [1.29, 1.82) is 0 Å². The maximum Gasteiger partial charge on any atom is 0.128 e. The van der Waals surface area contributed by atoms with Gasteiger partial charge in [-0.05, 0) is 31.5 Å². The largest absolute Gasteiger partial charge is 0.384 e. The highest BCUT2D eigenvalue weighted by Crippen LogP contribution is 2.27. The standard InChI is InChI=1S/C15H19FN2O/c1-4-7-17-14-8-11(9-19-3)18-15-10(2)13(16)6-5-12(14)15/h5-6,8H,4,7,9H2,1-3H3,(H,17,18). The van der Waals surface area contributed by atoms with E-state index in [4.69, 9.17) is 4.74 Å². The van der Waals surface area contributed by atoms with Crippen LogP contribution in [0.2, 0.25) is 0 Å². The second-order valence-corrected chi connectivity index (χ2v) is 4.59. The van der Waals surface area contributed by atoms with Crippen molar-refractivity contribution in [2.24, 2.45) is 0 Å². The minimum Gasteiger partial charge on any atom is -0.384 e. The zero-order valence-corrected chi connectivity index (χ0v) is 11.6. The Balaban J connectivity index is 2.60. The van der Waals surface area contributed by atoms with Gasteiger partial charge in [0.1, 0.15) is 5.82 Å². The number of methoxy groups -OCH3 is 1. The Hall–Kier alpha value is -1.68. The zero-order valence-electron chi connectivity index (χ0n) is 11.6. The van der Waals surface area contributed by atoms with E-state index in [0.29, 0.717) is 17.7 Å². The first-order valence-electron chi connectivity index (χ1n) is 6.49. The van der Waals surface area contributed by atoms with Crippen LogP contribution in [0.25, 0.3) is 10.9 Å². The lowest BCUT2D eigenvalue weighted by Gasteiger charge is -2.13. The van der Waals surface area contributed by atoms with Crippen molar-refractivity contribution in [2.45, 2.75) is 26.9 Å². The number of aryl methyl sites for hydroxylation is 1. The van der Waals surface area contributed by atoms with E-state index in [-0.39, 0.29) is 5.82 Å². The molecular weight excluding hydrogens is 243 g/mol. The number of hydrogen-bond acceptors (Lipinski definition) is 3. The van der Waals surface area contributed by atoms with Gasteiger partial charge in [-0.25, -0.2) is 9.37 Å². The molecule has 2 aromatic rings. The van der Waals surface area contributed by atoms with E-state index in [9.17, 15) is 4.39 Å². The van der Waals surface area contributed by atoms with Crippen LogP contribution in [-0.2, 0) is 11.3 Å². The number of aromatic nitrogens is 1. The van der Waals surface area contributed by atoms with Crippen LogP contribution in [0, 0.1) is 12.7 Å². The Morgan fingerprint density at radius 2 is 2.16 bits per heavy atom. The number of halogens is 1. The molecule has 0 saturated carbocycles. The summed E-state index contributed by atoms with van der Waals surface area (Å²) in [5.41, 5.74) is 3.08. The van der Waals surface area contributed by atoms with Gasteiger partial charge in [0.2, 0.25) is 0 Å². The van der Waals surface area contributed by atoms with Crippen LogP contribution in [-0.4, -0.2) is 18.6 Å². The van der Waals surface area contributed by atoms with Gasteiger partial charge in [0.25, 0.3) is 0 Å². The second kappa shape index (κ2) is 5.97. The van der Waals surface area contributed by atoms with Gasteiger partial charge in [-0.2, -0.15) is 0 Å². The molecule has 2 rings (SSSR count). The lowest BCUT2D eigenvalue weighted by molar-refractivity contribution is 0.182. The quantitative estimate of drug-likeness (QED) is 0.893. The molecule has 4 heteroatoms. The predicted molar refractivity (Wildman–Crippen MR) is 75.9 cm³/mol. The summed E-state index contributed by atoms with van der Waals surface area (Å²) in [7, 11) is 1.63. The third-order valence-corrected chi connectivity index (χ3v) is 3.08. The number of hydrogen-bond donors (Lipinski definition) is 1. The van der Waals surface area contributed by atoms with Crippen molar-refractivity contribution in [3.05, 3.63) is 35.3 Å². The third kappa shape index (κ3) is 2.84. The SMILES string of the molecule is CCCNc1cc(COC)nc2c(C)c(F)ccc12. The van der Waals surface area contributed by atoms with Crippen LogP contribution < -0.4 is 5.32 Å². The molecule has 102 valence electrons. The molecule has 0 radical (unpaired) electrons. The maximum absolute atomic E-state index is 13.7. The Labute approximate surface area is 112 Å². The summed E-state index contributed by atoms with van der Waals surface area (Å²) in [4.78, 5) is 4.49. The number of anilines is 1. The molecule has 1 aromatic carbocycles. The number of ether oxygens (including phenoxy) is 1. The topological polar surface area (TPSA) is 34.1 Å². The highest BCUT2D eigenvalue weighted by Gasteiger charge is 2.10. The minimum atomic E-state index is -0.226. The van der Waals surface area contributed by atoms with Gasteiger partial charge in [-0.3, -0.25) is 0 Å². The van der Waals surface area contributed by atoms with Gasteiger partial charge in [0, 0.05) is 30.3 Å². The number of fused-ring (bicyclic) bond motifs is 1. The first kappa shape index (κ1) is 13.7. The lowest BCUT2D eigenvalue weighted by atomic mass is 10.1. The van der Waals surface area contributed by atoms with E-state index < -0.39 is 0 Å². The van der Waals surface area contributed by atoms with E-state index in [1.807, 2.05) is 6.07 Å². The summed E-state index contributed by atoms with van der Waals surface area (Å²) in [6.45, 7) is 5.16. The van der Waals surface area contributed by atoms with Gasteiger partial charge < -0.3 is 10.1 Å². The number of nitrogens with zero attached hydrogens (tertiary/aromatic N) is 1. The molecule has 1 aromatic heterocycles. The first-order chi connectivity index (χ1) is 9.17. The molecule has 0 saturated heterocycles. The van der Waals surface area contributed by atoms with Crippen molar-refractivity contribution < 1.29 is 9.13 Å². The number of benzene rings is 1. The monoisotopic (exact) mass is 262 g/mol. The van der Waals surface area contributed by atoms with Crippen molar-refractivity contribution in [3.8, 4) is 0 Å². The van der Waals surface area contributed by atoms with Crippen LogP contribution in [0.5, 0.6) is 0 Å². The van der Waals surface area contributed by atoms with Crippen molar-refractivity contribution >= 4 is 16.6 Å². The van der Waals surface area contributed by atoms with E-state index in [1.165, 1.54) is 6.07 Å². The molecule has 0 bridgehead atoms. The molecular formula is C15H19FN2O. The molecule has 0 atom stereocenters. The average molecular weight is 262 g/mol. The molecule has 0 fully saturated rings. The number of nitrogens with one attached hydrogen (secondary N) is 1. The van der Waals surface area contributed by atoms with Gasteiger partial charge in [-0.1, -0.05) is 6.92 Å². The summed E-state index contributed by atoms with van der Waals surface area (Å²) in [6, 6.07) is 5.24. The smallest absolute Gasteiger partial charge is 0.128 e. The zero-order chi connectivity index (χ0) is 13.8. The van der Waals surface area contributed by atoms with Gasteiger partial charge >= 0.3 is 0 Å². The minimum absolute atomic E-state index is 0.226. The highest BCUT2D eigenvalue weighted by atomic mass is 19.1. The van der Waals surface area contributed by atoms with Crippen molar-refractivity contribution in [3.63, 3.8) is 0 Å². The van der Waals surface area contributed by atoms with Gasteiger partial charge in [0.15, 0.2) is 0 Å². The Bertz CT molecular complexity index is 584. The van der Waals surface area contributed by atoms with E-state index >= 15 is 0 Å². The summed E-state index contributed by atoms with van der Waals surface area (Å²) >= 11 is 0. The van der Waals surface area contributed by atoms with Gasteiger partial charge in [0.05, 0.1) is 17.8 Å². The fourth-order valence-electron chi connectivity index (χ4n) is 2.08. The molecule has 1 heterocycles. The van der Waals surface area contributed by atoms with Gasteiger partial charge in [-0.15, -0.1) is 0 Å². The summed E-state index contributed by atoms with van der Waals surface area (Å²) in [6.07, 6.45) is 1.03. The number of pyridine rings is 1. The van der Waals surface area contributed by atoms with Crippen LogP contribution in [0.1, 0.15) is 24.6 Å². The molecule has 0 aliphatic rings. The van der Waals surface area contributed by atoms with E-state index in [0.717, 1.165) is 29.7 Å². The maximum atomic E-state index is 13.7. The molecule has 0 spiro atoms. The fourth-order valence-corrected chi connectivity index (χ4v) is 2.08. The second-order valence-electron chi connectivity index (χ2n) is 4.59. The van der Waals surface area contributed by atoms with Crippen LogP contribution in [0.3, 0.4) is 0 Å². The fraction of sp³-hybridized carbons (Fsp3) is 0.400. The van der Waals surface area contributed by atoms with Crippen molar-refractivity contribution in [1.82, 2.24) is 4.98 Å². The third-order valence-electron chi connectivity index (χ3n) is 3.08. The molecule has 0 unspecified atom stereocenters. The summed E-state index contributed by atoms with van der Waals surface area (Å²) in [5.74, 6) is -0.226. The highest BCUT2D eigenvalue weighted by molar-refractivity contribution is 5.93. The lowest BCUT2D eigenvalue weighted by Crippen LogP contribution is -2.04. The van der Waals surface area contributed by atoms with E-state index in [2.05, 4.69) is 17.2 Å². The summed E-state index contributed by atoms with van der Waals surface area (Å²) < 4.78 is 18.8. The summed E-state index contributed by atoms with van der Waals surface area (Å²) in [5, 5.41) is 4.32.